The molecule has 1 aromatic rings. The Bertz CT molecular complexity index is 461. The number of urea groups is 1. The van der Waals surface area contributed by atoms with Crippen LogP contribution in [0.2, 0.25) is 5.02 Å². The number of nitrogens with one attached hydrogen (secondary N) is 2. The zero-order valence-corrected chi connectivity index (χ0v) is 11.9. The van der Waals surface area contributed by atoms with Crippen LogP contribution in [-0.2, 0) is 0 Å². The van der Waals surface area contributed by atoms with E-state index >= 15 is 0 Å². The molecule has 0 unspecified atom stereocenters. The quantitative estimate of drug-likeness (QED) is 0.822. The highest BCUT2D eigenvalue weighted by Gasteiger charge is 2.05. The molecule has 1 aromatic carbocycles. The third-order valence-corrected chi connectivity index (χ3v) is 2.47. The lowest BCUT2D eigenvalue weighted by molar-refractivity contribution is 0.255. The molecule has 0 aliphatic carbocycles. The molecule has 0 aromatic heterocycles. The molecule has 0 saturated carbocycles. The average molecular weight is 267 g/mol. The number of carbonyl (C=O) groups excluding carboxylic acids is 1. The maximum atomic E-state index is 11.6. The first-order valence-electron chi connectivity index (χ1n) is 5.79. The van der Waals surface area contributed by atoms with Gasteiger partial charge in [0.2, 0.25) is 0 Å². The number of carbonyl (C=O) groups is 1. The molecule has 0 saturated heterocycles. The summed E-state index contributed by atoms with van der Waals surface area (Å²) in [5, 5.41) is 6.09. The molecule has 0 fully saturated rings. The van der Waals surface area contributed by atoms with Crippen LogP contribution < -0.4 is 10.6 Å². The van der Waals surface area contributed by atoms with Crippen molar-refractivity contribution >= 4 is 23.3 Å². The lowest BCUT2D eigenvalue weighted by atomic mass is 9.97. The van der Waals surface area contributed by atoms with Crippen molar-refractivity contribution in [3.8, 4) is 0 Å². The molecule has 2 N–H and O–H groups in total. The molecular weight excluding hydrogens is 248 g/mol. The summed E-state index contributed by atoms with van der Waals surface area (Å²) >= 11 is 5.85. The maximum Gasteiger partial charge on any atom is 0.323 e. The summed E-state index contributed by atoms with van der Waals surface area (Å²) in [6.07, 6.45) is 3.59. The van der Waals surface area contributed by atoms with E-state index in [-0.39, 0.29) is 11.4 Å². The predicted octanol–water partition coefficient (Wildman–Crippen LogP) is 4.33. The van der Waals surface area contributed by atoms with Crippen molar-refractivity contribution < 1.29 is 4.79 Å². The summed E-state index contributed by atoms with van der Waals surface area (Å²) in [6, 6.07) is 5.07. The van der Waals surface area contributed by atoms with E-state index < -0.39 is 0 Å². The molecule has 98 valence electrons. The highest BCUT2D eigenvalue weighted by atomic mass is 35.5. The van der Waals surface area contributed by atoms with E-state index in [1.165, 1.54) is 0 Å². The summed E-state index contributed by atoms with van der Waals surface area (Å²) in [5.74, 6) is 0. The number of halogens is 1. The molecule has 0 radical (unpaired) electrons. The van der Waals surface area contributed by atoms with E-state index in [9.17, 15) is 4.79 Å². The Labute approximate surface area is 113 Å². The van der Waals surface area contributed by atoms with Crippen molar-refractivity contribution in [1.82, 2.24) is 5.32 Å². The smallest absolute Gasteiger partial charge is 0.315 e. The van der Waals surface area contributed by atoms with Gasteiger partial charge in [-0.25, -0.2) is 4.79 Å². The number of hydrogen-bond acceptors (Lipinski definition) is 1. The molecule has 1 rings (SSSR count). The first kappa shape index (κ1) is 14.6. The van der Waals surface area contributed by atoms with E-state index in [1.54, 1.807) is 18.3 Å². The molecule has 0 aliphatic heterocycles. The second kappa shape index (κ2) is 5.91. The van der Waals surface area contributed by atoms with Crippen LogP contribution in [0.5, 0.6) is 0 Å². The van der Waals surface area contributed by atoms with Gasteiger partial charge in [0, 0.05) is 16.9 Å². The van der Waals surface area contributed by atoms with Crippen molar-refractivity contribution in [2.75, 3.05) is 5.32 Å². The van der Waals surface area contributed by atoms with Gasteiger partial charge in [-0.2, -0.15) is 0 Å². The number of allylic oxidation sites excluding steroid dienone is 1. The average Bonchev–Trinajstić information content (AvgIpc) is 2.20. The van der Waals surface area contributed by atoms with Crippen LogP contribution in [0.4, 0.5) is 10.5 Å². The molecule has 3 nitrogen and oxygen atoms in total. The Kier molecular flexibility index (Phi) is 4.79. The minimum absolute atomic E-state index is 0.0451. The van der Waals surface area contributed by atoms with E-state index in [0.29, 0.717) is 5.02 Å². The van der Waals surface area contributed by atoms with Crippen molar-refractivity contribution in [1.29, 1.82) is 0 Å². The van der Waals surface area contributed by atoms with E-state index in [4.69, 9.17) is 11.6 Å². The SMILES string of the molecule is Cc1cc(Cl)ccc1NC(=O)N/C=C/C(C)(C)C. The predicted molar refractivity (Wildman–Crippen MR) is 76.9 cm³/mol. The fourth-order valence-electron chi connectivity index (χ4n) is 1.29. The number of benzene rings is 1. The minimum atomic E-state index is -0.263. The molecule has 0 aliphatic rings. The lowest BCUT2D eigenvalue weighted by Crippen LogP contribution is -2.24. The van der Waals surface area contributed by atoms with Crippen LogP contribution in [-0.4, -0.2) is 6.03 Å². The van der Waals surface area contributed by atoms with Gasteiger partial charge in [0.1, 0.15) is 0 Å². The van der Waals surface area contributed by atoms with Crippen molar-refractivity contribution in [2.45, 2.75) is 27.7 Å². The number of hydrogen-bond donors (Lipinski definition) is 2. The maximum absolute atomic E-state index is 11.6. The van der Waals surface area contributed by atoms with Gasteiger partial charge in [-0.15, -0.1) is 0 Å². The first-order valence-corrected chi connectivity index (χ1v) is 6.17. The molecule has 4 heteroatoms. The van der Waals surface area contributed by atoms with Gasteiger partial charge < -0.3 is 10.6 Å². The zero-order chi connectivity index (χ0) is 13.8. The van der Waals surface area contributed by atoms with Gasteiger partial charge in [-0.1, -0.05) is 38.4 Å². The van der Waals surface area contributed by atoms with Crippen molar-refractivity contribution in [2.24, 2.45) is 5.41 Å². The van der Waals surface area contributed by atoms with Crippen molar-refractivity contribution in [3.63, 3.8) is 0 Å². The van der Waals surface area contributed by atoms with Crippen molar-refractivity contribution in [3.05, 3.63) is 41.1 Å². The molecule has 0 bridgehead atoms. The Morgan fingerprint density at radius 1 is 1.33 bits per heavy atom. The van der Waals surface area contributed by atoms with Crippen LogP contribution in [0.1, 0.15) is 26.3 Å². The Morgan fingerprint density at radius 3 is 2.56 bits per heavy atom. The van der Waals surface area contributed by atoms with Crippen LogP contribution in [0.15, 0.2) is 30.5 Å². The standard InChI is InChI=1S/C14H19ClN2O/c1-10-9-11(15)5-6-12(10)17-13(18)16-8-7-14(2,3)4/h5-9H,1-4H3,(H2,16,17,18)/b8-7+. The molecule has 0 atom stereocenters. The normalized spacial score (nSPS) is 11.6. The summed E-state index contributed by atoms with van der Waals surface area (Å²) < 4.78 is 0. The van der Waals surface area contributed by atoms with Crippen LogP contribution in [0, 0.1) is 12.3 Å². The number of rotatable bonds is 2. The molecule has 18 heavy (non-hydrogen) atoms. The molecule has 2 amide bonds. The van der Waals surface area contributed by atoms with Gasteiger partial charge in [-0.05, 0) is 36.1 Å². The molecule has 0 heterocycles. The second-order valence-electron chi connectivity index (χ2n) is 5.26. The monoisotopic (exact) mass is 266 g/mol. The molecule has 0 spiro atoms. The van der Waals surface area contributed by atoms with E-state index in [2.05, 4.69) is 31.4 Å². The largest absolute Gasteiger partial charge is 0.323 e. The summed E-state index contributed by atoms with van der Waals surface area (Å²) in [7, 11) is 0. The van der Waals surface area contributed by atoms with Gasteiger partial charge in [-0.3, -0.25) is 0 Å². The topological polar surface area (TPSA) is 41.1 Å². The third-order valence-electron chi connectivity index (χ3n) is 2.23. The highest BCUT2D eigenvalue weighted by molar-refractivity contribution is 6.30. The third kappa shape index (κ3) is 5.23. The Hall–Kier alpha value is -1.48. The summed E-state index contributed by atoms with van der Waals surface area (Å²) in [4.78, 5) is 11.6. The van der Waals surface area contributed by atoms with Crippen LogP contribution in [0.3, 0.4) is 0 Å². The number of anilines is 1. The first-order chi connectivity index (χ1) is 8.28. The minimum Gasteiger partial charge on any atom is -0.315 e. The molecular formula is C14H19ClN2O. The van der Waals surface area contributed by atoms with E-state index in [0.717, 1.165) is 11.3 Å². The fraction of sp³-hybridized carbons (Fsp3) is 0.357. The van der Waals surface area contributed by atoms with Gasteiger partial charge in [0.15, 0.2) is 0 Å². The number of aryl methyl sites for hydroxylation is 1. The highest BCUT2D eigenvalue weighted by Crippen LogP contribution is 2.19. The van der Waals surface area contributed by atoms with Gasteiger partial charge in [0.05, 0.1) is 0 Å². The van der Waals surface area contributed by atoms with Crippen LogP contribution in [0.25, 0.3) is 0 Å². The summed E-state index contributed by atoms with van der Waals surface area (Å²) in [5.41, 5.74) is 1.72. The van der Waals surface area contributed by atoms with Crippen LogP contribution >= 0.6 is 11.6 Å². The summed E-state index contributed by atoms with van der Waals surface area (Å²) in [6.45, 7) is 8.08. The van der Waals surface area contributed by atoms with E-state index in [1.807, 2.05) is 19.1 Å². The fourth-order valence-corrected chi connectivity index (χ4v) is 1.52. The Morgan fingerprint density at radius 2 is 2.00 bits per heavy atom. The second-order valence-corrected chi connectivity index (χ2v) is 5.69. The number of amides is 2. The Balaban J connectivity index is 2.58. The van der Waals surface area contributed by atoms with Gasteiger partial charge in [0.25, 0.3) is 0 Å². The zero-order valence-electron chi connectivity index (χ0n) is 11.2. The lowest BCUT2D eigenvalue weighted by Gasteiger charge is -2.12. The van der Waals surface area contributed by atoms with Gasteiger partial charge >= 0.3 is 6.03 Å².